The quantitative estimate of drug-likeness (QED) is 0.188. The molecule has 1 unspecified atom stereocenters. The Morgan fingerprint density at radius 2 is 1.35 bits per heavy atom. The maximum absolute atomic E-state index is 5.61. The van der Waals surface area contributed by atoms with Gasteiger partial charge in [-0.2, -0.15) is 14.7 Å². The van der Waals surface area contributed by atoms with Crippen molar-refractivity contribution in [1.29, 1.82) is 0 Å². The highest BCUT2D eigenvalue weighted by Gasteiger charge is 2.37. The molecule has 0 rings (SSSR count). The third kappa shape index (κ3) is 11.0. The van der Waals surface area contributed by atoms with E-state index in [0.717, 1.165) is 38.1 Å². The van der Waals surface area contributed by atoms with E-state index in [1.165, 1.54) is 47.0 Å². The molecular weight excluding hydrogens is 302 g/mol. The Labute approximate surface area is 140 Å². The van der Waals surface area contributed by atoms with Crippen LogP contribution in [-0.2, 0) is 29.3 Å². The number of hydrogen-bond donors (Lipinski definition) is 1. The maximum Gasteiger partial charge on any atom is 0.365 e. The van der Waals surface area contributed by atoms with Gasteiger partial charge in [-0.05, 0) is 31.7 Å². The van der Waals surface area contributed by atoms with E-state index in [1.54, 1.807) is 0 Å². The largest absolute Gasteiger partial charge is 0.365 e. The molecule has 23 heavy (non-hydrogen) atoms. The summed E-state index contributed by atoms with van der Waals surface area (Å²) < 4.78 is 0. The molecule has 140 valence electrons. The topological polar surface area (TPSA) is 81.4 Å². The predicted octanol–water partition coefficient (Wildman–Crippen LogP) is 3.48. The van der Waals surface area contributed by atoms with Gasteiger partial charge in [-0.15, -0.1) is 0 Å². The van der Waals surface area contributed by atoms with Crippen molar-refractivity contribution < 1.29 is 29.3 Å². The van der Waals surface area contributed by atoms with Gasteiger partial charge < -0.3 is 5.73 Å². The van der Waals surface area contributed by atoms with E-state index in [4.69, 9.17) is 20.4 Å². The lowest BCUT2D eigenvalue weighted by molar-refractivity contribution is -0.623. The normalized spacial score (nSPS) is 13.4. The molecule has 2 N–H and O–H groups in total. The van der Waals surface area contributed by atoms with Gasteiger partial charge in [-0.1, -0.05) is 39.0 Å². The van der Waals surface area contributed by atoms with Crippen LogP contribution < -0.4 is 5.73 Å². The summed E-state index contributed by atoms with van der Waals surface area (Å²) in [6.45, 7) is 3.01. The molecule has 0 aromatic heterocycles. The van der Waals surface area contributed by atoms with E-state index in [2.05, 4.69) is 21.6 Å². The van der Waals surface area contributed by atoms with E-state index >= 15 is 0 Å². The Hall–Kier alpha value is -0.280. The Bertz CT molecular complexity index is 238. The Kier molecular flexibility index (Phi) is 15.1. The number of hydrogen-bond acceptors (Lipinski definition) is 7. The average molecular weight is 337 g/mol. The minimum atomic E-state index is -1.50. The van der Waals surface area contributed by atoms with E-state index in [0.29, 0.717) is 6.42 Å². The lowest BCUT2D eigenvalue weighted by Crippen LogP contribution is -2.38. The van der Waals surface area contributed by atoms with E-state index in [-0.39, 0.29) is 0 Å². The second kappa shape index (κ2) is 15.3. The second-order valence-corrected chi connectivity index (χ2v) is 5.62. The van der Waals surface area contributed by atoms with E-state index in [9.17, 15) is 0 Å². The molecule has 0 saturated heterocycles. The van der Waals surface area contributed by atoms with Crippen LogP contribution in [0.1, 0.15) is 64.7 Å². The summed E-state index contributed by atoms with van der Waals surface area (Å²) in [6, 6.07) is 0. The van der Waals surface area contributed by atoms with Gasteiger partial charge in [0.25, 0.3) is 0 Å². The van der Waals surface area contributed by atoms with E-state index in [1.807, 2.05) is 0 Å². The lowest BCUT2D eigenvalue weighted by Gasteiger charge is -2.27. The average Bonchev–Trinajstić information content (AvgIpc) is 2.53. The van der Waals surface area contributed by atoms with Crippen molar-refractivity contribution in [3.8, 4) is 0 Å². The molecule has 0 radical (unpaired) electrons. The molecule has 0 fully saturated rings. The fourth-order valence-electron chi connectivity index (χ4n) is 2.75. The zero-order valence-electron chi connectivity index (χ0n) is 15.2. The molecule has 0 spiro atoms. The first kappa shape index (κ1) is 22.7. The van der Waals surface area contributed by atoms with Gasteiger partial charge in [-0.3, -0.25) is 0 Å². The number of unbranched alkanes of at least 4 members (excludes halogenated alkanes) is 2. The van der Waals surface area contributed by atoms with Crippen molar-refractivity contribution in [3.05, 3.63) is 0 Å². The summed E-state index contributed by atoms with van der Waals surface area (Å²) >= 11 is 0. The predicted molar refractivity (Wildman–Crippen MR) is 86.8 cm³/mol. The van der Waals surface area contributed by atoms with Crippen molar-refractivity contribution in [2.75, 3.05) is 27.9 Å². The van der Waals surface area contributed by atoms with Gasteiger partial charge >= 0.3 is 5.97 Å². The van der Waals surface area contributed by atoms with Crippen molar-refractivity contribution >= 4 is 0 Å². The lowest BCUT2D eigenvalue weighted by atomic mass is 9.92. The molecule has 0 aliphatic heterocycles. The summed E-state index contributed by atoms with van der Waals surface area (Å²) in [6.07, 6.45) is 9.52. The van der Waals surface area contributed by atoms with Gasteiger partial charge in [0.1, 0.15) is 0 Å². The third-order valence-corrected chi connectivity index (χ3v) is 3.74. The fraction of sp³-hybridized carbons (Fsp3) is 1.00. The van der Waals surface area contributed by atoms with Crippen LogP contribution in [0.2, 0.25) is 0 Å². The van der Waals surface area contributed by atoms with Crippen LogP contribution in [0, 0.1) is 5.92 Å². The SMILES string of the molecule is CCCC(CCCN)CCCCCC(OOC)(OOC)OOC. The summed E-state index contributed by atoms with van der Waals surface area (Å²) in [5, 5.41) is 0. The standard InChI is InChI=1S/C16H35NO6/c1-5-10-15(12-9-14-17)11-7-6-8-13-16(21-18-2,22-19-3)23-20-4/h15H,5-14,17H2,1-4H3. The summed E-state index contributed by atoms with van der Waals surface area (Å²) in [5.41, 5.74) is 5.61. The minimum Gasteiger partial charge on any atom is -0.330 e. The number of rotatable bonds is 17. The van der Waals surface area contributed by atoms with Crippen molar-refractivity contribution in [2.45, 2.75) is 70.7 Å². The van der Waals surface area contributed by atoms with Crippen LogP contribution in [0.3, 0.4) is 0 Å². The first-order chi connectivity index (χ1) is 11.2. The van der Waals surface area contributed by atoms with Crippen molar-refractivity contribution in [2.24, 2.45) is 11.7 Å². The Morgan fingerprint density at radius 3 is 1.83 bits per heavy atom. The molecule has 0 aliphatic rings. The van der Waals surface area contributed by atoms with Crippen LogP contribution in [0.25, 0.3) is 0 Å². The molecule has 0 aromatic rings. The summed E-state index contributed by atoms with van der Waals surface area (Å²) in [5.74, 6) is -0.727. The monoisotopic (exact) mass is 337 g/mol. The van der Waals surface area contributed by atoms with Gasteiger partial charge in [0.15, 0.2) is 0 Å². The molecule has 7 nitrogen and oxygen atoms in total. The fourth-order valence-corrected chi connectivity index (χ4v) is 2.75. The Balaban J connectivity index is 4.11. The molecule has 0 heterocycles. The summed E-state index contributed by atoms with van der Waals surface area (Å²) in [4.78, 5) is 29.1. The van der Waals surface area contributed by atoms with Gasteiger partial charge in [0.2, 0.25) is 0 Å². The van der Waals surface area contributed by atoms with Crippen molar-refractivity contribution in [1.82, 2.24) is 0 Å². The first-order valence-corrected chi connectivity index (χ1v) is 8.53. The van der Waals surface area contributed by atoms with Gasteiger partial charge in [0.05, 0.1) is 21.3 Å². The molecule has 1 atom stereocenters. The molecular formula is C16H35NO6. The van der Waals surface area contributed by atoms with Crippen LogP contribution in [0.4, 0.5) is 0 Å². The van der Waals surface area contributed by atoms with Crippen LogP contribution in [0.5, 0.6) is 0 Å². The van der Waals surface area contributed by atoms with Crippen molar-refractivity contribution in [3.63, 3.8) is 0 Å². The van der Waals surface area contributed by atoms with Crippen LogP contribution in [0.15, 0.2) is 0 Å². The van der Waals surface area contributed by atoms with Gasteiger partial charge in [0, 0.05) is 6.42 Å². The molecule has 0 aliphatic carbocycles. The number of nitrogens with two attached hydrogens (primary N) is 1. The zero-order chi connectivity index (χ0) is 17.4. The minimum absolute atomic E-state index is 0.434. The highest BCUT2D eigenvalue weighted by Crippen LogP contribution is 2.26. The molecule has 0 saturated carbocycles. The highest BCUT2D eigenvalue weighted by molar-refractivity contribution is 4.61. The van der Waals surface area contributed by atoms with Crippen LogP contribution in [-0.4, -0.2) is 33.8 Å². The summed E-state index contributed by atoms with van der Waals surface area (Å²) in [7, 11) is 4.12. The molecule has 0 aromatic carbocycles. The molecule has 7 heteroatoms. The highest BCUT2D eigenvalue weighted by atomic mass is 17.4. The smallest absolute Gasteiger partial charge is 0.330 e. The maximum atomic E-state index is 5.61. The first-order valence-electron chi connectivity index (χ1n) is 8.53. The third-order valence-electron chi connectivity index (χ3n) is 3.74. The van der Waals surface area contributed by atoms with Gasteiger partial charge in [-0.25, -0.2) is 14.7 Å². The second-order valence-electron chi connectivity index (χ2n) is 5.62. The van der Waals surface area contributed by atoms with E-state index < -0.39 is 5.97 Å². The van der Waals surface area contributed by atoms with Crippen LogP contribution >= 0.6 is 0 Å². The Morgan fingerprint density at radius 1 is 0.783 bits per heavy atom. The molecule has 0 bridgehead atoms. The zero-order valence-corrected chi connectivity index (χ0v) is 15.2. The molecule has 0 amide bonds.